The Bertz CT molecular complexity index is 2570. The molecule has 15 heteroatoms. The first-order valence-electron chi connectivity index (χ1n) is 21.0. The van der Waals surface area contributed by atoms with Gasteiger partial charge in [0.2, 0.25) is 5.88 Å². The number of pyridine rings is 1. The number of aromatic nitrogens is 3. The van der Waals surface area contributed by atoms with E-state index in [0.717, 1.165) is 0 Å². The summed E-state index contributed by atoms with van der Waals surface area (Å²) in [4.78, 5) is 42.4. The molecule has 2 bridgehead atoms. The number of morpholine rings is 1. The molecule has 2 aromatic heterocycles. The second-order valence-corrected chi connectivity index (χ2v) is 23.5. The second-order valence-electron chi connectivity index (χ2n) is 17.9. The van der Waals surface area contributed by atoms with Crippen LogP contribution < -0.4 is 20.1 Å². The molecule has 2 fully saturated rings. The largest absolute Gasteiger partial charge is 0.468 e. The van der Waals surface area contributed by atoms with Gasteiger partial charge >= 0.3 is 11.8 Å². The van der Waals surface area contributed by atoms with Gasteiger partial charge in [0, 0.05) is 31.1 Å². The number of hydrogen-bond donors (Lipinski definition) is 1. The molecule has 2 aliphatic heterocycles. The van der Waals surface area contributed by atoms with Gasteiger partial charge in [-0.2, -0.15) is 4.98 Å². The summed E-state index contributed by atoms with van der Waals surface area (Å²) in [6.45, 7) is 19.1. The van der Waals surface area contributed by atoms with E-state index in [9.17, 15) is 9.59 Å². The number of methoxy groups -OCH3 is 1. The molecule has 2 aliphatic rings. The van der Waals surface area contributed by atoms with E-state index in [4.69, 9.17) is 28.7 Å². The summed E-state index contributed by atoms with van der Waals surface area (Å²) in [7, 11) is -0.890. The topological polar surface area (TPSA) is 128 Å². The van der Waals surface area contributed by atoms with Crippen molar-refractivity contribution >= 4 is 41.7 Å². The van der Waals surface area contributed by atoms with Crippen molar-refractivity contribution in [2.24, 2.45) is 0 Å². The van der Waals surface area contributed by atoms with Gasteiger partial charge in [-0.3, -0.25) is 0 Å². The van der Waals surface area contributed by atoms with Crippen LogP contribution in [0.1, 0.15) is 67.9 Å². The molecule has 12 nitrogen and oxygen atoms in total. The Balaban J connectivity index is 1.50. The number of carbonyl (C=O) groups excluding carboxylic acids is 1. The lowest BCUT2D eigenvalue weighted by molar-refractivity contribution is -0.0106. The average Bonchev–Trinajstić information content (AvgIpc) is 3.20. The molecule has 4 heterocycles. The third kappa shape index (κ3) is 8.60. The smallest absolute Gasteiger partial charge is 0.410 e. The first kappa shape index (κ1) is 44.5. The molecule has 1 amide bonds. The Kier molecular flexibility index (Phi) is 12.7. The first-order chi connectivity index (χ1) is 29.4. The van der Waals surface area contributed by atoms with Gasteiger partial charge in [-0.15, -0.1) is 5.54 Å². The summed E-state index contributed by atoms with van der Waals surface area (Å²) >= 11 is 0. The second kappa shape index (κ2) is 17.7. The predicted octanol–water partition coefficient (Wildman–Crippen LogP) is 9.59. The number of anilines is 1. The van der Waals surface area contributed by atoms with Crippen molar-refractivity contribution < 1.29 is 37.3 Å². The predicted molar refractivity (Wildman–Crippen MR) is 239 cm³/mol. The minimum atomic E-state index is -2.37. The van der Waals surface area contributed by atoms with E-state index in [2.05, 4.69) is 63.0 Å². The molecule has 2 unspecified atom stereocenters. The number of hydrogen-bond acceptors (Lipinski definition) is 10. The Labute approximate surface area is 361 Å². The van der Waals surface area contributed by atoms with E-state index in [-0.39, 0.29) is 89.1 Å². The number of halogens is 2. The first-order valence-corrected chi connectivity index (χ1v) is 23.3. The Morgan fingerprint density at radius 2 is 1.60 bits per heavy atom. The Morgan fingerprint density at radius 3 is 2.21 bits per heavy atom. The molecule has 5 aromatic rings. The quantitative estimate of drug-likeness (QED) is 0.0824. The maximum Gasteiger partial charge on any atom is 0.410 e. The van der Waals surface area contributed by atoms with Gasteiger partial charge in [0.1, 0.15) is 47.9 Å². The molecular weight excluding hydrogens is 813 g/mol. The lowest BCUT2D eigenvalue weighted by atomic mass is 9.95. The van der Waals surface area contributed by atoms with Gasteiger partial charge in [0.25, 0.3) is 0 Å². The summed E-state index contributed by atoms with van der Waals surface area (Å²) in [5.74, 6) is 2.56. The van der Waals surface area contributed by atoms with Crippen LogP contribution in [0.4, 0.5) is 19.4 Å². The van der Waals surface area contributed by atoms with E-state index < -0.39 is 49.2 Å². The van der Waals surface area contributed by atoms with Gasteiger partial charge in [0.05, 0.1) is 36.4 Å². The Morgan fingerprint density at radius 1 is 0.935 bits per heavy atom. The van der Waals surface area contributed by atoms with Crippen molar-refractivity contribution in [3.05, 3.63) is 82.3 Å². The SMILES string of the molecule is COCOc1cc(-c2nc(Oc3ccccc3)c3c(N4C5COCC4CN(C(=O)OC(C)(C)C)C5)nc(=O)[nH]c3c2F)c2c(C#C[Si](C(C)C)(C(C)C)C(C)C)c(F)ccc2c1. The number of fused-ring (bicyclic) bond motifs is 4. The zero-order valence-electron chi connectivity index (χ0n) is 37.0. The number of aromatic amines is 1. The highest BCUT2D eigenvalue weighted by Gasteiger charge is 2.44. The van der Waals surface area contributed by atoms with Crippen LogP contribution in [-0.4, -0.2) is 91.9 Å². The molecule has 0 aliphatic carbocycles. The van der Waals surface area contributed by atoms with Crippen molar-refractivity contribution in [1.82, 2.24) is 19.9 Å². The number of nitrogens with one attached hydrogen (secondary N) is 1. The van der Waals surface area contributed by atoms with Crippen LogP contribution in [0.3, 0.4) is 0 Å². The monoisotopic (exact) mass is 867 g/mol. The molecule has 328 valence electrons. The minimum Gasteiger partial charge on any atom is -0.468 e. The van der Waals surface area contributed by atoms with Gasteiger partial charge in [-0.1, -0.05) is 71.7 Å². The van der Waals surface area contributed by atoms with E-state index in [1.165, 1.54) is 13.2 Å². The van der Waals surface area contributed by atoms with Crippen LogP contribution >= 0.6 is 0 Å². The summed E-state index contributed by atoms with van der Waals surface area (Å²) in [6, 6.07) is 14.1. The van der Waals surface area contributed by atoms with Crippen LogP contribution in [0, 0.1) is 23.1 Å². The molecule has 7 rings (SSSR count). The molecule has 0 saturated carbocycles. The van der Waals surface area contributed by atoms with E-state index in [1.54, 1.807) is 68.1 Å². The van der Waals surface area contributed by atoms with Gasteiger partial charge in [0.15, 0.2) is 12.6 Å². The van der Waals surface area contributed by atoms with Crippen LogP contribution in [0.25, 0.3) is 32.9 Å². The van der Waals surface area contributed by atoms with Gasteiger partial charge in [-0.25, -0.2) is 23.4 Å². The third-order valence-electron chi connectivity index (χ3n) is 11.8. The number of ether oxygens (including phenoxy) is 5. The van der Waals surface area contributed by atoms with E-state index in [1.807, 2.05) is 11.0 Å². The van der Waals surface area contributed by atoms with Crippen molar-refractivity contribution in [3.63, 3.8) is 0 Å². The number of carbonyl (C=O) groups is 1. The number of rotatable bonds is 10. The molecule has 2 saturated heterocycles. The molecular formula is C47H55F2N5O7Si. The number of benzene rings is 3. The summed E-state index contributed by atoms with van der Waals surface area (Å²) < 4.78 is 63.6. The fourth-order valence-electron chi connectivity index (χ4n) is 9.21. The van der Waals surface area contributed by atoms with E-state index in [0.29, 0.717) is 22.3 Å². The van der Waals surface area contributed by atoms with Crippen LogP contribution in [0.5, 0.6) is 17.4 Å². The Hall–Kier alpha value is -5.56. The normalized spacial score (nSPS) is 16.9. The highest BCUT2D eigenvalue weighted by Crippen LogP contribution is 2.45. The fourth-order valence-corrected chi connectivity index (χ4v) is 14.4. The molecule has 0 spiro atoms. The molecule has 2 atom stereocenters. The lowest BCUT2D eigenvalue weighted by Crippen LogP contribution is -2.66. The summed E-state index contributed by atoms with van der Waals surface area (Å²) in [5.41, 5.74) is 2.71. The molecule has 3 aromatic carbocycles. The highest BCUT2D eigenvalue weighted by atomic mass is 28.3. The number of H-pyrrole nitrogens is 1. The fraction of sp³-hybridized carbons (Fsp3) is 0.447. The number of piperazine rings is 1. The maximum absolute atomic E-state index is 17.8. The van der Waals surface area contributed by atoms with Crippen LogP contribution in [-0.2, 0) is 14.2 Å². The third-order valence-corrected chi connectivity index (χ3v) is 18.1. The summed E-state index contributed by atoms with van der Waals surface area (Å²) in [5, 5.41) is 0.942. The van der Waals surface area contributed by atoms with Gasteiger partial charge in [-0.05, 0) is 73.1 Å². The minimum absolute atomic E-state index is 0.0684. The molecule has 1 N–H and O–H groups in total. The number of nitrogens with zero attached hydrogens (tertiary/aromatic N) is 4. The zero-order valence-corrected chi connectivity index (χ0v) is 38.0. The van der Waals surface area contributed by atoms with Crippen molar-refractivity contribution in [2.75, 3.05) is 45.1 Å². The number of amides is 1. The molecule has 0 radical (unpaired) electrons. The van der Waals surface area contributed by atoms with Crippen molar-refractivity contribution in [2.45, 2.75) is 96.6 Å². The zero-order chi connectivity index (χ0) is 44.7. The lowest BCUT2D eigenvalue weighted by Gasteiger charge is -2.50. The number of para-hydroxylation sites is 1. The van der Waals surface area contributed by atoms with Crippen molar-refractivity contribution in [1.29, 1.82) is 0 Å². The average molecular weight is 868 g/mol. The van der Waals surface area contributed by atoms with Crippen LogP contribution in [0.15, 0.2) is 59.4 Å². The molecule has 62 heavy (non-hydrogen) atoms. The van der Waals surface area contributed by atoms with Crippen molar-refractivity contribution in [3.8, 4) is 40.1 Å². The summed E-state index contributed by atoms with van der Waals surface area (Å²) in [6.07, 6.45) is -0.474. The standard InChI is InChI=1S/C47H55F2N5O7Si/c1-27(2)62(28(3)4,29(5)6)19-18-35-37(48)17-16-30-20-34(59-26-57-10)21-36(38(30)35)41-40(49)42-39(44(50-41)60-33-14-12-11-13-15-33)43(52-45(55)51-42)54-31-22-53(23-32(54)25-58-24-31)46(56)61-47(7,8)9/h11-17,20-21,27-29,31-32H,22-26H2,1-10H3,(H,51,52,55). The van der Waals surface area contributed by atoms with Crippen LogP contribution in [0.2, 0.25) is 16.6 Å². The maximum atomic E-state index is 17.8. The van der Waals surface area contributed by atoms with E-state index >= 15 is 8.78 Å². The highest BCUT2D eigenvalue weighted by molar-refractivity contribution is 6.90. The van der Waals surface area contributed by atoms with Gasteiger partial charge < -0.3 is 38.5 Å².